The average Bonchev–Trinajstić information content (AvgIpc) is 2.59. The van der Waals surface area contributed by atoms with E-state index in [1.807, 2.05) is 0 Å². The number of hydrogen-bond acceptors (Lipinski definition) is 5. The Balaban J connectivity index is 2.40. The minimum atomic E-state index is -0.603. The van der Waals surface area contributed by atoms with Crippen LogP contribution < -0.4 is 5.32 Å². The standard InChI is InChI=1S/C7H8N4O3/c1-14-7(13)5-6-8-4(12)2-3-11(6)10-9-5/h2-3H2,1H3,(H,8,12). The van der Waals surface area contributed by atoms with Crippen LogP contribution in [0.4, 0.5) is 5.82 Å². The average molecular weight is 196 g/mol. The monoisotopic (exact) mass is 196 g/mol. The van der Waals surface area contributed by atoms with Crippen molar-refractivity contribution in [2.24, 2.45) is 0 Å². The van der Waals surface area contributed by atoms with Crippen LogP contribution in [0.2, 0.25) is 0 Å². The van der Waals surface area contributed by atoms with E-state index in [-0.39, 0.29) is 11.6 Å². The van der Waals surface area contributed by atoms with Crippen molar-refractivity contribution < 1.29 is 14.3 Å². The minimum absolute atomic E-state index is 0.0422. The number of nitrogens with one attached hydrogen (secondary N) is 1. The molecule has 0 fully saturated rings. The van der Waals surface area contributed by atoms with Gasteiger partial charge in [0, 0.05) is 6.42 Å². The van der Waals surface area contributed by atoms with Gasteiger partial charge in [0.25, 0.3) is 0 Å². The van der Waals surface area contributed by atoms with Gasteiger partial charge in [0.05, 0.1) is 13.7 Å². The van der Waals surface area contributed by atoms with Crippen molar-refractivity contribution in [1.29, 1.82) is 0 Å². The molecular weight excluding hydrogens is 188 g/mol. The number of ether oxygens (including phenoxy) is 1. The second kappa shape index (κ2) is 3.09. The van der Waals surface area contributed by atoms with E-state index in [1.54, 1.807) is 0 Å². The molecule has 2 heterocycles. The molecule has 14 heavy (non-hydrogen) atoms. The third-order valence-electron chi connectivity index (χ3n) is 1.92. The molecule has 1 amide bonds. The fourth-order valence-corrected chi connectivity index (χ4v) is 1.23. The van der Waals surface area contributed by atoms with E-state index >= 15 is 0 Å². The first-order valence-electron chi connectivity index (χ1n) is 4.04. The molecule has 0 atom stereocenters. The molecule has 1 aliphatic heterocycles. The van der Waals surface area contributed by atoms with E-state index in [9.17, 15) is 9.59 Å². The normalized spacial score (nSPS) is 14.5. The largest absolute Gasteiger partial charge is 0.464 e. The first-order chi connectivity index (χ1) is 6.72. The molecule has 0 saturated heterocycles. The highest BCUT2D eigenvalue weighted by Crippen LogP contribution is 2.17. The molecular formula is C7H8N4O3. The lowest BCUT2D eigenvalue weighted by atomic mass is 10.3. The van der Waals surface area contributed by atoms with E-state index in [2.05, 4.69) is 20.4 Å². The Labute approximate surface area is 79.0 Å². The summed E-state index contributed by atoms with van der Waals surface area (Å²) in [5, 5.41) is 9.86. The van der Waals surface area contributed by atoms with Crippen LogP contribution in [0.5, 0.6) is 0 Å². The summed E-state index contributed by atoms with van der Waals surface area (Å²) in [6, 6.07) is 0. The number of methoxy groups -OCH3 is 1. The highest BCUT2D eigenvalue weighted by Gasteiger charge is 2.25. The number of fused-ring (bicyclic) bond motifs is 1. The number of aromatic nitrogens is 3. The zero-order valence-corrected chi connectivity index (χ0v) is 7.48. The molecule has 1 aliphatic rings. The molecule has 0 unspecified atom stereocenters. The molecule has 7 heteroatoms. The van der Waals surface area contributed by atoms with Crippen LogP contribution in [0.25, 0.3) is 0 Å². The van der Waals surface area contributed by atoms with Crippen molar-refractivity contribution in [3.63, 3.8) is 0 Å². The lowest BCUT2D eigenvalue weighted by Gasteiger charge is -2.13. The molecule has 74 valence electrons. The van der Waals surface area contributed by atoms with Gasteiger partial charge in [-0.1, -0.05) is 5.21 Å². The van der Waals surface area contributed by atoms with Gasteiger partial charge >= 0.3 is 5.97 Å². The predicted molar refractivity (Wildman–Crippen MR) is 44.6 cm³/mol. The van der Waals surface area contributed by atoms with Crippen molar-refractivity contribution in [3.8, 4) is 0 Å². The summed E-state index contributed by atoms with van der Waals surface area (Å²) in [6.45, 7) is 0.436. The number of amides is 1. The van der Waals surface area contributed by atoms with E-state index in [0.717, 1.165) is 0 Å². The maximum atomic E-state index is 11.2. The molecule has 0 saturated carbocycles. The Morgan fingerprint density at radius 2 is 2.43 bits per heavy atom. The second-order valence-electron chi connectivity index (χ2n) is 2.80. The van der Waals surface area contributed by atoms with Gasteiger partial charge in [0.15, 0.2) is 5.82 Å². The molecule has 7 nitrogen and oxygen atoms in total. The van der Waals surface area contributed by atoms with Crippen molar-refractivity contribution in [1.82, 2.24) is 15.0 Å². The SMILES string of the molecule is COC(=O)c1nnn2c1NC(=O)CC2. The Hall–Kier alpha value is -1.92. The number of rotatable bonds is 1. The third-order valence-corrected chi connectivity index (χ3v) is 1.92. The lowest BCUT2D eigenvalue weighted by Crippen LogP contribution is -2.24. The molecule has 0 radical (unpaired) electrons. The first-order valence-corrected chi connectivity index (χ1v) is 4.04. The number of nitrogens with zero attached hydrogens (tertiary/aromatic N) is 3. The quantitative estimate of drug-likeness (QED) is 0.606. The molecule has 1 aromatic rings. The summed E-state index contributed by atoms with van der Waals surface area (Å²) in [7, 11) is 1.25. The zero-order chi connectivity index (χ0) is 10.1. The minimum Gasteiger partial charge on any atom is -0.464 e. The van der Waals surface area contributed by atoms with Crippen molar-refractivity contribution in [3.05, 3.63) is 5.69 Å². The van der Waals surface area contributed by atoms with Gasteiger partial charge in [-0.25, -0.2) is 9.48 Å². The molecule has 2 rings (SSSR count). The van der Waals surface area contributed by atoms with Crippen molar-refractivity contribution in [2.45, 2.75) is 13.0 Å². The summed E-state index contributed by atoms with van der Waals surface area (Å²) >= 11 is 0. The summed E-state index contributed by atoms with van der Waals surface area (Å²) in [6.07, 6.45) is 0.344. The number of anilines is 1. The number of hydrogen-bond donors (Lipinski definition) is 1. The fourth-order valence-electron chi connectivity index (χ4n) is 1.23. The zero-order valence-electron chi connectivity index (χ0n) is 7.48. The Bertz CT molecular complexity index is 398. The predicted octanol–water partition coefficient (Wildman–Crippen LogP) is -0.593. The number of esters is 1. The third kappa shape index (κ3) is 1.22. The molecule has 0 aliphatic carbocycles. The number of carbonyl (C=O) groups is 2. The topological polar surface area (TPSA) is 86.1 Å². The molecule has 0 spiro atoms. The highest BCUT2D eigenvalue weighted by atomic mass is 16.5. The van der Waals surface area contributed by atoms with E-state index in [4.69, 9.17) is 0 Å². The number of carbonyl (C=O) groups excluding carboxylic acids is 2. The molecule has 1 aromatic heterocycles. The summed E-state index contributed by atoms with van der Waals surface area (Å²) < 4.78 is 5.96. The van der Waals surface area contributed by atoms with Gasteiger partial charge in [-0.2, -0.15) is 0 Å². The van der Waals surface area contributed by atoms with Crippen molar-refractivity contribution in [2.75, 3.05) is 12.4 Å². The van der Waals surface area contributed by atoms with Crippen LogP contribution in [-0.2, 0) is 16.1 Å². The van der Waals surface area contributed by atoms with Gasteiger partial charge < -0.3 is 10.1 Å². The van der Waals surface area contributed by atoms with Gasteiger partial charge in [-0.05, 0) is 0 Å². The Kier molecular flexibility index (Phi) is 1.91. The van der Waals surface area contributed by atoms with E-state index in [1.165, 1.54) is 11.8 Å². The molecule has 0 bridgehead atoms. The van der Waals surface area contributed by atoms with Crippen molar-refractivity contribution >= 4 is 17.7 Å². The van der Waals surface area contributed by atoms with Gasteiger partial charge in [0.1, 0.15) is 0 Å². The van der Waals surface area contributed by atoms with Crippen LogP contribution in [0.1, 0.15) is 16.9 Å². The second-order valence-corrected chi connectivity index (χ2v) is 2.80. The number of aryl methyl sites for hydroxylation is 1. The van der Waals surface area contributed by atoms with Crippen LogP contribution in [-0.4, -0.2) is 34.0 Å². The maximum absolute atomic E-state index is 11.2. The fraction of sp³-hybridized carbons (Fsp3) is 0.429. The Morgan fingerprint density at radius 3 is 3.14 bits per heavy atom. The molecule has 1 N–H and O–H groups in total. The molecule has 0 aromatic carbocycles. The van der Waals surface area contributed by atoms with Crippen LogP contribution >= 0.6 is 0 Å². The van der Waals surface area contributed by atoms with Crippen LogP contribution in [0.15, 0.2) is 0 Å². The van der Waals surface area contributed by atoms with Gasteiger partial charge in [0.2, 0.25) is 11.6 Å². The lowest BCUT2D eigenvalue weighted by molar-refractivity contribution is -0.116. The highest BCUT2D eigenvalue weighted by molar-refractivity contribution is 5.99. The van der Waals surface area contributed by atoms with Crippen LogP contribution in [0.3, 0.4) is 0 Å². The Morgan fingerprint density at radius 1 is 1.64 bits per heavy atom. The van der Waals surface area contributed by atoms with E-state index < -0.39 is 5.97 Å². The van der Waals surface area contributed by atoms with Gasteiger partial charge in [-0.15, -0.1) is 5.10 Å². The smallest absolute Gasteiger partial charge is 0.362 e. The van der Waals surface area contributed by atoms with E-state index in [0.29, 0.717) is 18.8 Å². The summed E-state index contributed by atoms with van der Waals surface area (Å²) in [5.41, 5.74) is 0.0422. The first kappa shape index (κ1) is 8.67. The maximum Gasteiger partial charge on any atom is 0.362 e. The van der Waals surface area contributed by atoms with Crippen LogP contribution in [0, 0.1) is 0 Å². The summed E-state index contributed by atoms with van der Waals surface area (Å²) in [4.78, 5) is 22.2. The summed E-state index contributed by atoms with van der Waals surface area (Å²) in [5.74, 6) is -0.438. The van der Waals surface area contributed by atoms with Gasteiger partial charge in [-0.3, -0.25) is 4.79 Å².